The van der Waals surface area contributed by atoms with Gasteiger partial charge in [-0.1, -0.05) is 0 Å². The van der Waals surface area contributed by atoms with Crippen molar-refractivity contribution in [2.75, 3.05) is 49.1 Å². The van der Waals surface area contributed by atoms with Gasteiger partial charge in [0.25, 0.3) is 0 Å². The molecule has 2 aromatic heterocycles. The molecular formula is C25H28F2N6O. The van der Waals surface area contributed by atoms with Gasteiger partial charge >= 0.3 is 0 Å². The SMILES string of the molecule is CC(C)N1CCOc2c(F)cc(-c3nc(Cc4ccc(N5CCNCC5)cn4)ncc3F)cc21. The van der Waals surface area contributed by atoms with Gasteiger partial charge in [0.2, 0.25) is 0 Å². The van der Waals surface area contributed by atoms with Crippen LogP contribution in [0.25, 0.3) is 11.3 Å². The fourth-order valence-corrected chi connectivity index (χ4v) is 4.46. The van der Waals surface area contributed by atoms with E-state index in [9.17, 15) is 8.78 Å². The average molecular weight is 467 g/mol. The minimum atomic E-state index is -0.599. The molecule has 0 aliphatic carbocycles. The minimum Gasteiger partial charge on any atom is -0.486 e. The number of nitrogens with zero attached hydrogens (tertiary/aromatic N) is 5. The van der Waals surface area contributed by atoms with Crippen molar-refractivity contribution in [2.45, 2.75) is 26.3 Å². The number of rotatable bonds is 5. The molecule has 1 aromatic carbocycles. The third-order valence-corrected chi connectivity index (χ3v) is 6.23. The number of nitrogens with one attached hydrogen (secondary N) is 1. The van der Waals surface area contributed by atoms with E-state index in [0.717, 1.165) is 43.8 Å². The van der Waals surface area contributed by atoms with Gasteiger partial charge in [0.1, 0.15) is 18.1 Å². The summed E-state index contributed by atoms with van der Waals surface area (Å²) in [7, 11) is 0. The Labute approximate surface area is 197 Å². The Balaban J connectivity index is 1.41. The van der Waals surface area contributed by atoms with Crippen molar-refractivity contribution in [1.82, 2.24) is 20.3 Å². The molecule has 0 amide bonds. The Morgan fingerprint density at radius 3 is 2.59 bits per heavy atom. The highest BCUT2D eigenvalue weighted by Crippen LogP contribution is 2.39. The summed E-state index contributed by atoms with van der Waals surface area (Å²) in [4.78, 5) is 17.5. The van der Waals surface area contributed by atoms with Gasteiger partial charge in [-0.25, -0.2) is 18.7 Å². The fourth-order valence-electron chi connectivity index (χ4n) is 4.46. The summed E-state index contributed by atoms with van der Waals surface area (Å²) in [5.74, 6) is -0.499. The molecule has 4 heterocycles. The molecule has 0 saturated carbocycles. The fraction of sp³-hybridized carbons (Fsp3) is 0.400. The molecule has 0 bridgehead atoms. The van der Waals surface area contributed by atoms with E-state index in [-0.39, 0.29) is 17.5 Å². The van der Waals surface area contributed by atoms with Crippen molar-refractivity contribution in [1.29, 1.82) is 0 Å². The predicted molar refractivity (Wildman–Crippen MR) is 127 cm³/mol. The quantitative estimate of drug-likeness (QED) is 0.618. The number of aromatic nitrogens is 3. The average Bonchev–Trinajstić information content (AvgIpc) is 2.86. The Kier molecular flexibility index (Phi) is 6.28. The van der Waals surface area contributed by atoms with Gasteiger partial charge in [0.15, 0.2) is 17.4 Å². The summed E-state index contributed by atoms with van der Waals surface area (Å²) in [6, 6.07) is 7.15. The third kappa shape index (κ3) is 4.52. The monoisotopic (exact) mass is 466 g/mol. The lowest BCUT2D eigenvalue weighted by molar-refractivity contribution is 0.287. The van der Waals surface area contributed by atoms with Crippen molar-refractivity contribution < 1.29 is 13.5 Å². The largest absolute Gasteiger partial charge is 0.486 e. The van der Waals surface area contributed by atoms with Crippen LogP contribution in [0.1, 0.15) is 25.4 Å². The van der Waals surface area contributed by atoms with Crippen molar-refractivity contribution in [3.63, 3.8) is 0 Å². The van der Waals surface area contributed by atoms with E-state index in [1.54, 1.807) is 6.07 Å². The number of ether oxygens (including phenoxy) is 1. The van der Waals surface area contributed by atoms with E-state index in [1.807, 2.05) is 32.2 Å². The summed E-state index contributed by atoms with van der Waals surface area (Å²) in [5, 5.41) is 3.34. The van der Waals surface area contributed by atoms with Crippen LogP contribution in [-0.2, 0) is 6.42 Å². The molecule has 0 radical (unpaired) electrons. The van der Waals surface area contributed by atoms with Crippen LogP contribution >= 0.6 is 0 Å². The van der Waals surface area contributed by atoms with E-state index in [1.165, 1.54) is 6.07 Å². The van der Waals surface area contributed by atoms with Gasteiger partial charge < -0.3 is 19.9 Å². The minimum absolute atomic E-state index is 0.0680. The van der Waals surface area contributed by atoms with Crippen LogP contribution in [0.3, 0.4) is 0 Å². The number of benzene rings is 1. The first-order valence-corrected chi connectivity index (χ1v) is 11.6. The molecule has 5 rings (SSSR count). The van der Waals surface area contributed by atoms with Gasteiger partial charge in [-0.2, -0.15) is 0 Å². The van der Waals surface area contributed by atoms with Crippen molar-refractivity contribution in [3.8, 4) is 17.0 Å². The van der Waals surface area contributed by atoms with E-state index >= 15 is 0 Å². The maximum absolute atomic E-state index is 14.9. The lowest BCUT2D eigenvalue weighted by atomic mass is 10.1. The van der Waals surface area contributed by atoms with Gasteiger partial charge in [-0.15, -0.1) is 0 Å². The molecule has 2 aliphatic rings. The van der Waals surface area contributed by atoms with E-state index in [0.29, 0.717) is 36.6 Å². The zero-order valence-electron chi connectivity index (χ0n) is 19.4. The van der Waals surface area contributed by atoms with Crippen molar-refractivity contribution in [3.05, 3.63) is 59.8 Å². The second-order valence-corrected chi connectivity index (χ2v) is 8.85. The Bertz CT molecular complexity index is 1160. The molecule has 2 aliphatic heterocycles. The van der Waals surface area contributed by atoms with E-state index in [4.69, 9.17) is 4.74 Å². The van der Waals surface area contributed by atoms with Crippen LogP contribution < -0.4 is 19.9 Å². The highest BCUT2D eigenvalue weighted by atomic mass is 19.1. The van der Waals surface area contributed by atoms with Crippen LogP contribution in [0, 0.1) is 11.6 Å². The van der Waals surface area contributed by atoms with Gasteiger partial charge in [-0.3, -0.25) is 4.98 Å². The molecule has 7 nitrogen and oxygen atoms in total. The molecule has 34 heavy (non-hydrogen) atoms. The van der Waals surface area contributed by atoms with E-state index < -0.39 is 11.6 Å². The predicted octanol–water partition coefficient (Wildman–Crippen LogP) is 3.42. The lowest BCUT2D eigenvalue weighted by Crippen LogP contribution is -2.43. The van der Waals surface area contributed by atoms with Crippen molar-refractivity contribution >= 4 is 11.4 Å². The number of hydrogen-bond acceptors (Lipinski definition) is 7. The lowest BCUT2D eigenvalue weighted by Gasteiger charge is -2.34. The first-order chi connectivity index (χ1) is 16.5. The maximum atomic E-state index is 14.9. The molecule has 0 spiro atoms. The Morgan fingerprint density at radius 1 is 1.03 bits per heavy atom. The molecular weight excluding hydrogens is 438 g/mol. The second kappa shape index (κ2) is 9.50. The Hall–Kier alpha value is -3.33. The van der Waals surface area contributed by atoms with Crippen LogP contribution in [0.5, 0.6) is 5.75 Å². The smallest absolute Gasteiger partial charge is 0.178 e. The van der Waals surface area contributed by atoms with Gasteiger partial charge in [0, 0.05) is 43.5 Å². The number of anilines is 2. The summed E-state index contributed by atoms with van der Waals surface area (Å²) < 4.78 is 35.2. The molecule has 1 saturated heterocycles. The molecule has 1 N–H and O–H groups in total. The topological polar surface area (TPSA) is 66.4 Å². The molecule has 0 unspecified atom stereocenters. The van der Waals surface area contributed by atoms with Crippen molar-refractivity contribution in [2.24, 2.45) is 0 Å². The van der Waals surface area contributed by atoms with Gasteiger partial charge in [0.05, 0.1) is 36.7 Å². The van der Waals surface area contributed by atoms with E-state index in [2.05, 4.69) is 30.1 Å². The molecule has 1 fully saturated rings. The zero-order chi connectivity index (χ0) is 23.7. The summed E-state index contributed by atoms with van der Waals surface area (Å²) >= 11 is 0. The zero-order valence-corrected chi connectivity index (χ0v) is 19.4. The molecule has 9 heteroatoms. The van der Waals surface area contributed by atoms with Crippen LogP contribution in [-0.4, -0.2) is 60.3 Å². The Morgan fingerprint density at radius 2 is 1.85 bits per heavy atom. The number of piperazine rings is 1. The molecule has 178 valence electrons. The standard InChI is InChI=1S/C25H28F2N6O/c1-16(2)33-9-10-34-25-20(26)11-17(12-22(25)33)24-21(27)15-30-23(31-24)13-18-3-4-19(14-29-18)32-7-5-28-6-8-32/h3-4,11-12,14-16,28H,5-10,13H2,1-2H3. The van der Waals surface area contributed by atoms with Gasteiger partial charge in [-0.05, 0) is 38.1 Å². The molecule has 0 atom stereocenters. The van der Waals surface area contributed by atoms with Crippen LogP contribution in [0.4, 0.5) is 20.2 Å². The number of fused-ring (bicyclic) bond motifs is 1. The number of hydrogen-bond donors (Lipinski definition) is 1. The van der Waals surface area contributed by atoms with Crippen LogP contribution in [0.15, 0.2) is 36.7 Å². The first kappa shape index (κ1) is 22.5. The highest BCUT2D eigenvalue weighted by molar-refractivity contribution is 5.72. The number of halogens is 2. The second-order valence-electron chi connectivity index (χ2n) is 8.85. The summed E-state index contributed by atoms with van der Waals surface area (Å²) in [5.41, 5.74) is 2.90. The first-order valence-electron chi connectivity index (χ1n) is 11.6. The van der Waals surface area contributed by atoms with Crippen LogP contribution in [0.2, 0.25) is 0 Å². The maximum Gasteiger partial charge on any atom is 0.178 e. The summed E-state index contributed by atoms with van der Waals surface area (Å²) in [6.45, 7) is 8.92. The highest BCUT2D eigenvalue weighted by Gasteiger charge is 2.25. The number of pyridine rings is 1. The third-order valence-electron chi connectivity index (χ3n) is 6.23. The summed E-state index contributed by atoms with van der Waals surface area (Å²) in [6.07, 6.45) is 3.34. The molecule has 3 aromatic rings. The normalized spacial score (nSPS) is 15.9.